The third kappa shape index (κ3) is 4.96. The van der Waals surface area contributed by atoms with Crippen LogP contribution in [0.2, 0.25) is 4.47 Å². The lowest BCUT2D eigenvalue weighted by molar-refractivity contribution is -0.139. The average molecular weight is 340 g/mol. The van der Waals surface area contributed by atoms with Crippen LogP contribution in [-0.2, 0) is 11.3 Å². The Morgan fingerprint density at radius 1 is 1.41 bits per heavy atom. The first-order valence-electron chi connectivity index (χ1n) is 6.84. The second kappa shape index (κ2) is 7.07. The Kier molecular flexibility index (Phi) is 5.37. The molecule has 0 saturated carbocycles. The number of pyridine rings is 1. The number of halogens is 1. The molecule has 2 heterocycles. The number of nitrogens with zero attached hydrogens (tertiary/aromatic N) is 3. The number of carboxylic acid groups (broad SMARTS) is 1. The zero-order valence-electron chi connectivity index (χ0n) is 12.5. The normalized spacial score (nSPS) is 11.4. The molecule has 0 bridgehead atoms. The SMILES string of the molecule is CC(C)(CC(=O)O)CN(Cc1cnc(Cl)s1)c1ccccn1. The van der Waals surface area contributed by atoms with Crippen LogP contribution >= 0.6 is 22.9 Å². The van der Waals surface area contributed by atoms with Crippen LogP contribution in [0.25, 0.3) is 0 Å². The summed E-state index contributed by atoms with van der Waals surface area (Å²) in [7, 11) is 0. The number of aliphatic carboxylic acids is 1. The van der Waals surface area contributed by atoms with Crippen molar-refractivity contribution in [2.75, 3.05) is 11.4 Å². The van der Waals surface area contributed by atoms with Crippen LogP contribution in [0.4, 0.5) is 5.82 Å². The van der Waals surface area contributed by atoms with Gasteiger partial charge in [0.1, 0.15) is 5.82 Å². The van der Waals surface area contributed by atoms with Crippen molar-refractivity contribution in [2.45, 2.75) is 26.8 Å². The number of carboxylic acids is 1. The molecule has 0 radical (unpaired) electrons. The molecular weight excluding hydrogens is 322 g/mol. The molecule has 0 saturated heterocycles. The number of anilines is 1. The van der Waals surface area contributed by atoms with E-state index in [4.69, 9.17) is 16.7 Å². The first kappa shape index (κ1) is 16.7. The van der Waals surface area contributed by atoms with Gasteiger partial charge in [0.25, 0.3) is 0 Å². The van der Waals surface area contributed by atoms with E-state index in [0.29, 0.717) is 17.6 Å². The Balaban J connectivity index is 2.20. The molecule has 0 aliphatic rings. The van der Waals surface area contributed by atoms with Crippen molar-refractivity contribution in [1.82, 2.24) is 9.97 Å². The van der Waals surface area contributed by atoms with Gasteiger partial charge in [-0.1, -0.05) is 31.5 Å². The van der Waals surface area contributed by atoms with E-state index in [1.807, 2.05) is 32.0 Å². The van der Waals surface area contributed by atoms with Crippen LogP contribution in [-0.4, -0.2) is 27.6 Å². The van der Waals surface area contributed by atoms with Gasteiger partial charge in [0.2, 0.25) is 0 Å². The second-order valence-electron chi connectivity index (χ2n) is 5.86. The van der Waals surface area contributed by atoms with Crippen molar-refractivity contribution in [1.29, 1.82) is 0 Å². The summed E-state index contributed by atoms with van der Waals surface area (Å²) in [5.74, 6) is 0.0114. The molecule has 0 spiro atoms. The molecule has 2 aromatic rings. The van der Waals surface area contributed by atoms with Crippen LogP contribution in [0.5, 0.6) is 0 Å². The van der Waals surface area contributed by atoms with Crippen molar-refractivity contribution in [3.8, 4) is 0 Å². The van der Waals surface area contributed by atoms with Gasteiger partial charge in [0, 0.05) is 23.8 Å². The third-order valence-electron chi connectivity index (χ3n) is 3.09. The molecule has 0 unspecified atom stereocenters. The van der Waals surface area contributed by atoms with Crippen LogP contribution < -0.4 is 4.90 Å². The van der Waals surface area contributed by atoms with Gasteiger partial charge in [0.15, 0.2) is 4.47 Å². The molecule has 0 aliphatic carbocycles. The Morgan fingerprint density at radius 3 is 2.73 bits per heavy atom. The minimum atomic E-state index is -0.799. The molecular formula is C15H18ClN3O2S. The summed E-state index contributed by atoms with van der Waals surface area (Å²) in [5, 5.41) is 9.07. The predicted octanol–water partition coefficient (Wildman–Crippen LogP) is 3.70. The number of thiazole rings is 1. The fourth-order valence-corrected chi connectivity index (χ4v) is 3.28. The van der Waals surface area contributed by atoms with Crippen LogP contribution in [0.15, 0.2) is 30.6 Å². The molecule has 2 rings (SSSR count). The minimum Gasteiger partial charge on any atom is -0.481 e. The number of rotatable bonds is 7. The molecule has 0 fully saturated rings. The molecule has 2 aromatic heterocycles. The van der Waals surface area contributed by atoms with Crippen LogP contribution in [0, 0.1) is 5.41 Å². The highest BCUT2D eigenvalue weighted by molar-refractivity contribution is 7.15. The fourth-order valence-electron chi connectivity index (χ4n) is 2.29. The van der Waals surface area contributed by atoms with E-state index in [9.17, 15) is 4.79 Å². The Bertz CT molecular complexity index is 631. The molecule has 118 valence electrons. The van der Waals surface area contributed by atoms with Gasteiger partial charge in [-0.05, 0) is 17.5 Å². The average Bonchev–Trinajstić information content (AvgIpc) is 2.82. The maximum Gasteiger partial charge on any atom is 0.303 e. The van der Waals surface area contributed by atoms with E-state index in [1.165, 1.54) is 11.3 Å². The molecule has 7 heteroatoms. The summed E-state index contributed by atoms with van der Waals surface area (Å²) < 4.78 is 0.501. The summed E-state index contributed by atoms with van der Waals surface area (Å²) >= 11 is 7.31. The number of hydrogen-bond acceptors (Lipinski definition) is 5. The Morgan fingerprint density at radius 2 is 2.18 bits per heavy atom. The summed E-state index contributed by atoms with van der Waals surface area (Å²) in [4.78, 5) is 22.5. The topological polar surface area (TPSA) is 66.3 Å². The number of carbonyl (C=O) groups is 1. The van der Waals surface area contributed by atoms with Gasteiger partial charge in [-0.2, -0.15) is 0 Å². The largest absolute Gasteiger partial charge is 0.481 e. The zero-order valence-corrected chi connectivity index (χ0v) is 14.1. The number of hydrogen-bond donors (Lipinski definition) is 1. The molecule has 0 aromatic carbocycles. The van der Waals surface area contributed by atoms with E-state index in [1.54, 1.807) is 12.4 Å². The molecule has 0 amide bonds. The van der Waals surface area contributed by atoms with E-state index in [0.717, 1.165) is 10.7 Å². The lowest BCUT2D eigenvalue weighted by Gasteiger charge is -2.32. The predicted molar refractivity (Wildman–Crippen MR) is 88.4 cm³/mol. The Labute approximate surface area is 138 Å². The van der Waals surface area contributed by atoms with Crippen LogP contribution in [0.3, 0.4) is 0 Å². The maximum atomic E-state index is 11.0. The van der Waals surface area contributed by atoms with Crippen molar-refractivity contribution in [3.63, 3.8) is 0 Å². The molecule has 5 nitrogen and oxygen atoms in total. The lowest BCUT2D eigenvalue weighted by Crippen LogP contribution is -2.35. The van der Waals surface area contributed by atoms with E-state index in [2.05, 4.69) is 14.9 Å². The highest BCUT2D eigenvalue weighted by Crippen LogP contribution is 2.27. The molecule has 22 heavy (non-hydrogen) atoms. The quantitative estimate of drug-likeness (QED) is 0.833. The lowest BCUT2D eigenvalue weighted by atomic mass is 9.88. The van der Waals surface area contributed by atoms with Gasteiger partial charge >= 0.3 is 5.97 Å². The highest BCUT2D eigenvalue weighted by atomic mass is 35.5. The van der Waals surface area contributed by atoms with Crippen molar-refractivity contribution < 1.29 is 9.90 Å². The van der Waals surface area contributed by atoms with Gasteiger partial charge in [-0.3, -0.25) is 4.79 Å². The summed E-state index contributed by atoms with van der Waals surface area (Å²) in [6.45, 7) is 5.06. The van der Waals surface area contributed by atoms with E-state index in [-0.39, 0.29) is 11.8 Å². The Hall–Kier alpha value is -1.66. The molecule has 1 N–H and O–H groups in total. The van der Waals surface area contributed by atoms with Gasteiger partial charge in [-0.15, -0.1) is 11.3 Å². The summed E-state index contributed by atoms with van der Waals surface area (Å²) in [6, 6.07) is 5.69. The first-order chi connectivity index (χ1) is 10.4. The third-order valence-corrected chi connectivity index (χ3v) is 4.19. The minimum absolute atomic E-state index is 0.0970. The monoisotopic (exact) mass is 339 g/mol. The highest BCUT2D eigenvalue weighted by Gasteiger charge is 2.26. The smallest absolute Gasteiger partial charge is 0.303 e. The van der Waals surface area contributed by atoms with E-state index < -0.39 is 5.97 Å². The van der Waals surface area contributed by atoms with Crippen molar-refractivity contribution in [3.05, 3.63) is 39.9 Å². The standard InChI is InChI=1S/C15H18ClN3O2S/c1-15(2,7-13(20)21)10-19(12-5-3-4-6-17-12)9-11-8-18-14(16)22-11/h3-6,8H,7,9-10H2,1-2H3,(H,20,21). The summed E-state index contributed by atoms with van der Waals surface area (Å²) in [5.41, 5.74) is -0.377. The molecule has 0 atom stereocenters. The van der Waals surface area contributed by atoms with Crippen molar-refractivity contribution >= 4 is 34.7 Å². The number of aromatic nitrogens is 2. The van der Waals surface area contributed by atoms with Gasteiger partial charge in [0.05, 0.1) is 13.0 Å². The van der Waals surface area contributed by atoms with Crippen molar-refractivity contribution in [2.24, 2.45) is 5.41 Å². The zero-order chi connectivity index (χ0) is 16.2. The first-order valence-corrected chi connectivity index (χ1v) is 8.03. The van der Waals surface area contributed by atoms with Gasteiger partial charge in [-0.25, -0.2) is 9.97 Å². The van der Waals surface area contributed by atoms with E-state index >= 15 is 0 Å². The van der Waals surface area contributed by atoms with Gasteiger partial charge < -0.3 is 10.0 Å². The van der Waals surface area contributed by atoms with Crippen LogP contribution in [0.1, 0.15) is 25.1 Å². The molecule has 0 aliphatic heterocycles. The summed E-state index contributed by atoms with van der Waals surface area (Å²) in [6.07, 6.45) is 3.57. The fraction of sp³-hybridized carbons (Fsp3) is 0.400. The second-order valence-corrected chi connectivity index (χ2v) is 7.56. The maximum absolute atomic E-state index is 11.0.